The first-order chi connectivity index (χ1) is 8.23. The van der Waals surface area contributed by atoms with Gasteiger partial charge in [0, 0.05) is 9.22 Å². The molecule has 1 aromatic carbocycles. The van der Waals surface area contributed by atoms with E-state index in [9.17, 15) is 9.59 Å². The van der Waals surface area contributed by atoms with E-state index < -0.39 is 22.7 Å². The highest BCUT2D eigenvalue weighted by molar-refractivity contribution is 9.10. The SMILES string of the molecule is CC(C)(S)C(NC(=O)c1ccccc1Br)C(=O)O. The van der Waals surface area contributed by atoms with Gasteiger partial charge in [-0.3, -0.25) is 4.79 Å². The summed E-state index contributed by atoms with van der Waals surface area (Å²) in [4.78, 5) is 23.1. The van der Waals surface area contributed by atoms with Crippen LogP contribution in [-0.2, 0) is 4.79 Å². The Morgan fingerprint density at radius 2 is 1.94 bits per heavy atom. The molecule has 0 aliphatic rings. The second-order valence-corrected chi connectivity index (χ2v) is 6.39. The van der Waals surface area contributed by atoms with Gasteiger partial charge in [0.25, 0.3) is 5.91 Å². The largest absolute Gasteiger partial charge is 0.480 e. The third-order valence-corrected chi connectivity index (χ3v) is 3.30. The summed E-state index contributed by atoms with van der Waals surface area (Å²) in [6.07, 6.45) is 0. The van der Waals surface area contributed by atoms with Gasteiger partial charge in [0.15, 0.2) is 0 Å². The minimum atomic E-state index is -1.12. The molecule has 0 saturated heterocycles. The molecule has 6 heteroatoms. The molecule has 0 saturated carbocycles. The number of benzene rings is 1. The number of aliphatic carboxylic acids is 1. The zero-order valence-electron chi connectivity index (χ0n) is 9.98. The molecule has 0 heterocycles. The third-order valence-electron chi connectivity index (χ3n) is 2.35. The number of hydrogen-bond donors (Lipinski definition) is 3. The van der Waals surface area contributed by atoms with E-state index in [0.717, 1.165) is 0 Å². The summed E-state index contributed by atoms with van der Waals surface area (Å²) in [6.45, 7) is 3.27. The second kappa shape index (κ2) is 5.75. The number of carbonyl (C=O) groups excluding carboxylic acids is 1. The maximum atomic E-state index is 12.0. The van der Waals surface area contributed by atoms with Crippen LogP contribution in [0.1, 0.15) is 24.2 Å². The summed E-state index contributed by atoms with van der Waals surface area (Å²) in [5, 5.41) is 11.6. The second-order valence-electron chi connectivity index (χ2n) is 4.38. The first-order valence-corrected chi connectivity index (χ1v) is 6.48. The van der Waals surface area contributed by atoms with Crippen molar-refractivity contribution in [2.75, 3.05) is 0 Å². The summed E-state index contributed by atoms with van der Waals surface area (Å²) < 4.78 is -0.244. The average Bonchev–Trinajstić information content (AvgIpc) is 2.24. The number of carbonyl (C=O) groups is 2. The van der Waals surface area contributed by atoms with Gasteiger partial charge in [-0.05, 0) is 41.9 Å². The van der Waals surface area contributed by atoms with E-state index >= 15 is 0 Å². The molecule has 98 valence electrons. The Hall–Kier alpha value is -1.01. The van der Waals surface area contributed by atoms with Crippen LogP contribution in [0.25, 0.3) is 0 Å². The van der Waals surface area contributed by atoms with Crippen molar-refractivity contribution in [2.24, 2.45) is 0 Å². The Kier molecular flexibility index (Phi) is 4.81. The standard InChI is InChI=1S/C12H14BrNO3S/c1-12(2,18)9(11(16)17)14-10(15)7-5-3-4-6-8(7)13/h3-6,9,18H,1-2H3,(H,14,15)(H,16,17). The van der Waals surface area contributed by atoms with Crippen LogP contribution in [-0.4, -0.2) is 27.8 Å². The first-order valence-electron chi connectivity index (χ1n) is 5.24. The topological polar surface area (TPSA) is 66.4 Å². The Bertz CT molecular complexity index is 471. The minimum Gasteiger partial charge on any atom is -0.480 e. The molecular weight excluding hydrogens is 318 g/mol. The predicted octanol–water partition coefficient (Wildman–Crippen LogP) is 2.34. The van der Waals surface area contributed by atoms with Crippen LogP contribution < -0.4 is 5.32 Å². The third kappa shape index (κ3) is 3.74. The number of rotatable bonds is 4. The van der Waals surface area contributed by atoms with Gasteiger partial charge < -0.3 is 10.4 Å². The summed E-state index contributed by atoms with van der Waals surface area (Å²) in [6, 6.07) is 5.75. The Morgan fingerprint density at radius 3 is 2.39 bits per heavy atom. The molecule has 4 nitrogen and oxygen atoms in total. The molecule has 0 spiro atoms. The smallest absolute Gasteiger partial charge is 0.327 e. The van der Waals surface area contributed by atoms with Gasteiger partial charge in [-0.15, -0.1) is 0 Å². The predicted molar refractivity (Wildman–Crippen MR) is 76.1 cm³/mol. The van der Waals surface area contributed by atoms with Gasteiger partial charge >= 0.3 is 5.97 Å². The normalized spacial score (nSPS) is 12.9. The molecule has 0 fully saturated rings. The lowest BCUT2D eigenvalue weighted by Gasteiger charge is -2.27. The van der Waals surface area contributed by atoms with Gasteiger partial charge in [-0.25, -0.2) is 4.79 Å². The lowest BCUT2D eigenvalue weighted by atomic mass is 10.0. The summed E-state index contributed by atoms with van der Waals surface area (Å²) in [5.41, 5.74) is 0.390. The molecule has 0 aliphatic heterocycles. The molecular formula is C12H14BrNO3S. The van der Waals surface area contributed by atoms with E-state index in [1.807, 2.05) is 0 Å². The van der Waals surface area contributed by atoms with Crippen molar-refractivity contribution >= 4 is 40.4 Å². The number of halogens is 1. The van der Waals surface area contributed by atoms with E-state index in [0.29, 0.717) is 10.0 Å². The fourth-order valence-electron chi connectivity index (χ4n) is 1.39. The van der Waals surface area contributed by atoms with Crippen LogP contribution in [0.2, 0.25) is 0 Å². The molecule has 1 rings (SSSR count). The lowest BCUT2D eigenvalue weighted by Crippen LogP contribution is -2.51. The molecule has 1 atom stereocenters. The molecule has 0 aromatic heterocycles. The van der Waals surface area contributed by atoms with Gasteiger partial charge in [0.2, 0.25) is 0 Å². The molecule has 18 heavy (non-hydrogen) atoms. The van der Waals surface area contributed by atoms with Crippen LogP contribution in [0.3, 0.4) is 0 Å². The van der Waals surface area contributed by atoms with Gasteiger partial charge in [0.05, 0.1) is 5.56 Å². The molecule has 1 amide bonds. The fraction of sp³-hybridized carbons (Fsp3) is 0.333. The Balaban J connectivity index is 2.93. The first kappa shape index (κ1) is 15.0. The van der Waals surface area contributed by atoms with Crippen LogP contribution in [0.4, 0.5) is 0 Å². The summed E-state index contributed by atoms with van der Waals surface area (Å²) in [7, 11) is 0. The van der Waals surface area contributed by atoms with Gasteiger partial charge in [-0.2, -0.15) is 12.6 Å². The van der Waals surface area contributed by atoms with Gasteiger partial charge in [0.1, 0.15) is 6.04 Å². The zero-order chi connectivity index (χ0) is 13.9. The molecule has 0 radical (unpaired) electrons. The maximum absolute atomic E-state index is 12.0. The van der Waals surface area contributed by atoms with E-state index in [1.165, 1.54) is 0 Å². The Labute approximate surface area is 119 Å². The molecule has 1 unspecified atom stereocenters. The number of carboxylic acids is 1. The lowest BCUT2D eigenvalue weighted by molar-refractivity contribution is -0.139. The van der Waals surface area contributed by atoms with E-state index in [-0.39, 0.29) is 0 Å². The zero-order valence-corrected chi connectivity index (χ0v) is 12.5. The van der Waals surface area contributed by atoms with Crippen molar-refractivity contribution in [3.05, 3.63) is 34.3 Å². The van der Waals surface area contributed by atoms with Crippen molar-refractivity contribution in [3.8, 4) is 0 Å². The van der Waals surface area contributed by atoms with Crippen molar-refractivity contribution in [3.63, 3.8) is 0 Å². The monoisotopic (exact) mass is 331 g/mol. The van der Waals surface area contributed by atoms with Crippen molar-refractivity contribution in [2.45, 2.75) is 24.6 Å². The average molecular weight is 332 g/mol. The van der Waals surface area contributed by atoms with Gasteiger partial charge in [-0.1, -0.05) is 12.1 Å². The summed E-state index contributed by atoms with van der Waals surface area (Å²) in [5.74, 6) is -1.56. The van der Waals surface area contributed by atoms with Crippen molar-refractivity contribution in [1.82, 2.24) is 5.32 Å². The molecule has 0 aliphatic carbocycles. The highest BCUT2D eigenvalue weighted by Gasteiger charge is 2.34. The van der Waals surface area contributed by atoms with Crippen molar-refractivity contribution in [1.29, 1.82) is 0 Å². The number of carboxylic acid groups (broad SMARTS) is 1. The number of amides is 1. The summed E-state index contributed by atoms with van der Waals surface area (Å²) >= 11 is 7.44. The quantitative estimate of drug-likeness (QED) is 0.742. The highest BCUT2D eigenvalue weighted by atomic mass is 79.9. The molecule has 2 N–H and O–H groups in total. The maximum Gasteiger partial charge on any atom is 0.327 e. The van der Waals surface area contributed by atoms with Crippen LogP contribution in [0.5, 0.6) is 0 Å². The van der Waals surface area contributed by atoms with E-state index in [2.05, 4.69) is 33.9 Å². The Morgan fingerprint density at radius 1 is 1.39 bits per heavy atom. The molecule has 0 bridgehead atoms. The van der Waals surface area contributed by atoms with E-state index in [1.54, 1.807) is 38.1 Å². The number of thiol groups is 1. The van der Waals surface area contributed by atoms with Crippen LogP contribution in [0, 0.1) is 0 Å². The number of nitrogens with one attached hydrogen (secondary N) is 1. The fourth-order valence-corrected chi connectivity index (χ4v) is 2.03. The van der Waals surface area contributed by atoms with Crippen LogP contribution in [0.15, 0.2) is 28.7 Å². The molecule has 1 aromatic rings. The minimum absolute atomic E-state index is 0.390. The highest BCUT2D eigenvalue weighted by Crippen LogP contribution is 2.20. The van der Waals surface area contributed by atoms with Crippen LogP contribution >= 0.6 is 28.6 Å². The van der Waals surface area contributed by atoms with Crippen molar-refractivity contribution < 1.29 is 14.7 Å². The van der Waals surface area contributed by atoms with E-state index in [4.69, 9.17) is 5.11 Å². The number of hydrogen-bond acceptors (Lipinski definition) is 3.